The van der Waals surface area contributed by atoms with E-state index in [4.69, 9.17) is 4.42 Å². The molecular formula is C21H23N3O3. The van der Waals surface area contributed by atoms with E-state index in [1.54, 1.807) is 6.92 Å². The number of para-hydroxylation sites is 1. The van der Waals surface area contributed by atoms with Gasteiger partial charge in [0.25, 0.3) is 5.91 Å². The van der Waals surface area contributed by atoms with Gasteiger partial charge in [0, 0.05) is 18.0 Å². The predicted molar refractivity (Wildman–Crippen MR) is 101 cm³/mol. The van der Waals surface area contributed by atoms with Gasteiger partial charge in [-0.25, -0.2) is 4.98 Å². The molecule has 6 heteroatoms. The highest BCUT2D eigenvalue weighted by Crippen LogP contribution is 2.38. The highest BCUT2D eigenvalue weighted by molar-refractivity contribution is 5.92. The van der Waals surface area contributed by atoms with Gasteiger partial charge in [0.15, 0.2) is 5.89 Å². The number of amides is 1. The van der Waals surface area contributed by atoms with E-state index in [1.807, 2.05) is 37.4 Å². The maximum absolute atomic E-state index is 12.8. The van der Waals surface area contributed by atoms with E-state index in [2.05, 4.69) is 21.4 Å². The molecule has 3 aromatic rings. The van der Waals surface area contributed by atoms with Crippen LogP contribution in [0.3, 0.4) is 0 Å². The first-order chi connectivity index (χ1) is 13.0. The second kappa shape index (κ2) is 7.12. The number of pyridine rings is 1. The van der Waals surface area contributed by atoms with Crippen LogP contribution in [-0.2, 0) is 6.42 Å². The van der Waals surface area contributed by atoms with Gasteiger partial charge >= 0.3 is 0 Å². The molecule has 1 saturated carbocycles. The van der Waals surface area contributed by atoms with Crippen LogP contribution in [-0.4, -0.2) is 27.1 Å². The largest absolute Gasteiger partial charge is 0.435 e. The summed E-state index contributed by atoms with van der Waals surface area (Å²) < 4.78 is 5.60. The van der Waals surface area contributed by atoms with Gasteiger partial charge in [-0.05, 0) is 43.4 Å². The summed E-state index contributed by atoms with van der Waals surface area (Å²) in [5.41, 5.74) is 2.44. The molecule has 2 N–H and O–H groups in total. The highest BCUT2D eigenvalue weighted by Gasteiger charge is 2.36. The van der Waals surface area contributed by atoms with Crippen molar-refractivity contribution in [3.05, 3.63) is 59.4 Å². The second-order valence-electron chi connectivity index (χ2n) is 7.17. The van der Waals surface area contributed by atoms with Crippen molar-refractivity contribution in [3.8, 4) is 0 Å². The predicted octanol–water partition coefficient (Wildman–Crippen LogP) is 3.34. The lowest BCUT2D eigenvalue weighted by atomic mass is 9.75. The van der Waals surface area contributed by atoms with Crippen LogP contribution in [0, 0.1) is 12.8 Å². The third-order valence-electron chi connectivity index (χ3n) is 5.23. The molecule has 0 unspecified atom stereocenters. The van der Waals surface area contributed by atoms with Crippen LogP contribution in [0.5, 0.6) is 0 Å². The zero-order valence-electron chi connectivity index (χ0n) is 15.5. The summed E-state index contributed by atoms with van der Waals surface area (Å²) in [6.07, 6.45) is 3.46. The van der Waals surface area contributed by atoms with Gasteiger partial charge in [-0.3, -0.25) is 9.78 Å². The van der Waals surface area contributed by atoms with Gasteiger partial charge in [0.2, 0.25) is 5.76 Å². The van der Waals surface area contributed by atoms with Gasteiger partial charge in [0.1, 0.15) is 0 Å². The maximum Gasteiger partial charge on any atom is 0.289 e. The topological polar surface area (TPSA) is 88.2 Å². The summed E-state index contributed by atoms with van der Waals surface area (Å²) in [4.78, 5) is 21.6. The van der Waals surface area contributed by atoms with Gasteiger partial charge in [-0.15, -0.1) is 0 Å². The molecule has 0 aliphatic heterocycles. The number of carbonyl (C=O) groups is 1. The molecule has 140 valence electrons. The number of nitrogens with zero attached hydrogens (tertiary/aromatic N) is 2. The summed E-state index contributed by atoms with van der Waals surface area (Å²) >= 11 is 0. The Labute approximate surface area is 157 Å². The van der Waals surface area contributed by atoms with Crippen molar-refractivity contribution >= 4 is 16.8 Å². The summed E-state index contributed by atoms with van der Waals surface area (Å²) in [5, 5.41) is 13.9. The van der Waals surface area contributed by atoms with Crippen LogP contribution < -0.4 is 5.32 Å². The SMILES string of the molecule is CCc1nc(C)c(C(=O)N[C@H](c2cnc3ccccc3c2)C2CC(O)C2)o1. The fraction of sp³-hybridized carbons (Fsp3) is 0.381. The normalized spacial score (nSPS) is 20.3. The number of benzene rings is 1. The number of oxazole rings is 1. The van der Waals surface area contributed by atoms with E-state index in [0.29, 0.717) is 30.8 Å². The first-order valence-electron chi connectivity index (χ1n) is 9.35. The molecule has 2 aromatic heterocycles. The van der Waals surface area contributed by atoms with Gasteiger partial charge < -0.3 is 14.8 Å². The number of hydrogen-bond acceptors (Lipinski definition) is 5. The third-order valence-corrected chi connectivity index (χ3v) is 5.23. The smallest absolute Gasteiger partial charge is 0.289 e. The molecule has 1 aliphatic carbocycles. The summed E-state index contributed by atoms with van der Waals surface area (Å²) in [6.45, 7) is 3.71. The number of aromatic nitrogens is 2. The molecule has 1 atom stereocenters. The Morgan fingerprint density at radius 2 is 2.15 bits per heavy atom. The Hall–Kier alpha value is -2.73. The van der Waals surface area contributed by atoms with Crippen LogP contribution >= 0.6 is 0 Å². The second-order valence-corrected chi connectivity index (χ2v) is 7.17. The van der Waals surface area contributed by atoms with E-state index in [-0.39, 0.29) is 29.7 Å². The Bertz CT molecular complexity index is 976. The van der Waals surface area contributed by atoms with Crippen LogP contribution in [0.1, 0.15) is 53.5 Å². The molecule has 0 spiro atoms. The highest BCUT2D eigenvalue weighted by atomic mass is 16.4. The number of nitrogens with one attached hydrogen (secondary N) is 1. The molecule has 0 saturated heterocycles. The maximum atomic E-state index is 12.8. The van der Waals surface area contributed by atoms with Crippen LogP contribution in [0.25, 0.3) is 10.9 Å². The molecule has 1 fully saturated rings. The minimum absolute atomic E-state index is 0.167. The van der Waals surface area contributed by atoms with E-state index in [0.717, 1.165) is 16.5 Å². The number of carbonyl (C=O) groups excluding carboxylic acids is 1. The molecule has 1 aromatic carbocycles. The number of aliphatic hydroxyl groups excluding tert-OH is 1. The lowest BCUT2D eigenvalue weighted by Crippen LogP contribution is -2.41. The Morgan fingerprint density at radius 1 is 1.37 bits per heavy atom. The Balaban J connectivity index is 1.64. The van der Waals surface area contributed by atoms with Crippen molar-refractivity contribution in [1.82, 2.24) is 15.3 Å². The van der Waals surface area contributed by atoms with Crippen LogP contribution in [0.4, 0.5) is 0 Å². The fourth-order valence-corrected chi connectivity index (χ4v) is 3.65. The number of hydrogen-bond donors (Lipinski definition) is 2. The molecule has 27 heavy (non-hydrogen) atoms. The van der Waals surface area contributed by atoms with E-state index in [1.165, 1.54) is 0 Å². The number of aryl methyl sites for hydroxylation is 2. The average Bonchev–Trinajstić information content (AvgIpc) is 3.04. The van der Waals surface area contributed by atoms with Crippen molar-refractivity contribution < 1.29 is 14.3 Å². The molecule has 0 radical (unpaired) electrons. The summed E-state index contributed by atoms with van der Waals surface area (Å²) in [7, 11) is 0. The van der Waals surface area contributed by atoms with Crippen LogP contribution in [0.2, 0.25) is 0 Å². The van der Waals surface area contributed by atoms with Gasteiger partial charge in [0.05, 0.1) is 23.4 Å². The fourth-order valence-electron chi connectivity index (χ4n) is 3.65. The molecule has 2 heterocycles. The third kappa shape index (κ3) is 3.45. The minimum atomic E-state index is -0.304. The minimum Gasteiger partial charge on any atom is -0.435 e. The zero-order valence-corrected chi connectivity index (χ0v) is 15.5. The van der Waals surface area contributed by atoms with Crippen LogP contribution in [0.15, 0.2) is 40.9 Å². The standard InChI is InChI=1S/C21H23N3O3/c1-3-18-23-12(2)20(27-18)21(26)24-19(14-9-16(25)10-14)15-8-13-6-4-5-7-17(13)22-11-15/h4-8,11,14,16,19,25H,3,9-10H2,1-2H3,(H,24,26)/t14?,16?,19-/m0/s1. The number of aliphatic hydroxyl groups is 1. The summed E-state index contributed by atoms with van der Waals surface area (Å²) in [6, 6.07) is 9.72. The molecule has 0 bridgehead atoms. The van der Waals surface area contributed by atoms with Gasteiger partial charge in [-0.1, -0.05) is 25.1 Å². The van der Waals surface area contributed by atoms with E-state index < -0.39 is 0 Å². The zero-order chi connectivity index (χ0) is 19.0. The van der Waals surface area contributed by atoms with Crippen molar-refractivity contribution in [2.24, 2.45) is 5.92 Å². The van der Waals surface area contributed by atoms with Crippen molar-refractivity contribution in [3.63, 3.8) is 0 Å². The molecular weight excluding hydrogens is 342 g/mol. The first-order valence-corrected chi connectivity index (χ1v) is 9.35. The number of rotatable bonds is 5. The van der Waals surface area contributed by atoms with Crippen molar-refractivity contribution in [2.45, 2.75) is 45.3 Å². The Morgan fingerprint density at radius 3 is 2.85 bits per heavy atom. The molecule has 1 aliphatic rings. The quantitative estimate of drug-likeness (QED) is 0.724. The molecule has 6 nitrogen and oxygen atoms in total. The summed E-state index contributed by atoms with van der Waals surface area (Å²) in [5.74, 6) is 0.700. The lowest BCUT2D eigenvalue weighted by molar-refractivity contribution is 0.0232. The monoisotopic (exact) mass is 365 g/mol. The van der Waals surface area contributed by atoms with E-state index >= 15 is 0 Å². The van der Waals surface area contributed by atoms with E-state index in [9.17, 15) is 9.90 Å². The molecule has 1 amide bonds. The Kier molecular flexibility index (Phi) is 4.66. The average molecular weight is 365 g/mol. The molecule has 4 rings (SSSR count). The lowest BCUT2D eigenvalue weighted by Gasteiger charge is -2.38. The number of fused-ring (bicyclic) bond motifs is 1. The first kappa shape index (κ1) is 17.7. The van der Waals surface area contributed by atoms with Crippen molar-refractivity contribution in [2.75, 3.05) is 0 Å². The van der Waals surface area contributed by atoms with Gasteiger partial charge in [-0.2, -0.15) is 0 Å². The van der Waals surface area contributed by atoms with Crippen molar-refractivity contribution in [1.29, 1.82) is 0 Å².